The molecule has 0 aromatic rings. The topological polar surface area (TPSA) is 26.0 Å². The van der Waals surface area contributed by atoms with Gasteiger partial charge in [0.2, 0.25) is 0 Å². The van der Waals surface area contributed by atoms with Gasteiger partial charge in [0.1, 0.15) is 0 Å². The van der Waals surface area contributed by atoms with Gasteiger partial charge in [-0.25, -0.2) is 0 Å². The van der Waals surface area contributed by atoms with Crippen LogP contribution in [0.15, 0.2) is 0 Å². The van der Waals surface area contributed by atoms with Gasteiger partial charge in [0.25, 0.3) is 0 Å². The summed E-state index contributed by atoms with van der Waals surface area (Å²) in [5, 5.41) is 0. The van der Waals surface area contributed by atoms with Gasteiger partial charge in [-0.3, -0.25) is 0 Å². The minimum atomic E-state index is -0.211. The summed E-state index contributed by atoms with van der Waals surface area (Å²) in [7, 11) is 0. The molecule has 0 saturated carbocycles. The van der Waals surface area contributed by atoms with Gasteiger partial charge in [-0.15, -0.1) is 0 Å². The van der Waals surface area contributed by atoms with Crippen molar-refractivity contribution in [2.75, 3.05) is 0 Å². The zero-order valence-corrected chi connectivity index (χ0v) is 18.1. The highest BCUT2D eigenvalue weighted by Crippen LogP contribution is 2.37. The van der Waals surface area contributed by atoms with Crippen molar-refractivity contribution >= 4 is 15.9 Å². The van der Waals surface area contributed by atoms with Gasteiger partial charge in [-0.1, -0.05) is 134 Å². The Morgan fingerprint density at radius 2 is 0.913 bits per heavy atom. The Morgan fingerprint density at radius 1 is 0.609 bits per heavy atom. The number of rotatable bonds is 15. The van der Waals surface area contributed by atoms with E-state index in [1.165, 1.54) is 89.9 Å². The van der Waals surface area contributed by atoms with Crippen molar-refractivity contribution in [1.82, 2.24) is 0 Å². The number of unbranched alkanes of at least 4 members (excludes halogenated alkanes) is 13. The second-order valence-corrected chi connectivity index (χ2v) is 9.87. The highest BCUT2D eigenvalue weighted by Gasteiger charge is 2.34. The van der Waals surface area contributed by atoms with E-state index in [2.05, 4.69) is 43.6 Å². The number of hydrogen-bond acceptors (Lipinski definition) is 1. The lowest BCUT2D eigenvalue weighted by Gasteiger charge is -2.36. The number of halogens is 1. The summed E-state index contributed by atoms with van der Waals surface area (Å²) < 4.78 is -0.211. The third-order valence-corrected chi connectivity index (χ3v) is 6.73. The first-order valence-corrected chi connectivity index (χ1v) is 11.1. The molecule has 0 aliphatic rings. The second-order valence-electron chi connectivity index (χ2n) is 8.46. The predicted molar refractivity (Wildman–Crippen MR) is 110 cm³/mol. The van der Waals surface area contributed by atoms with E-state index in [9.17, 15) is 0 Å². The van der Waals surface area contributed by atoms with Gasteiger partial charge in [-0.2, -0.15) is 0 Å². The normalized spacial score (nSPS) is 14.9. The largest absolute Gasteiger partial charge is 0.316 e. The molecule has 0 aromatic heterocycles. The van der Waals surface area contributed by atoms with Crippen molar-refractivity contribution < 1.29 is 0 Å². The van der Waals surface area contributed by atoms with Crippen LogP contribution in [0.5, 0.6) is 0 Å². The molecule has 0 rings (SSSR count). The van der Waals surface area contributed by atoms with Gasteiger partial charge in [0, 0.05) is 0 Å². The fourth-order valence-corrected chi connectivity index (χ4v) is 3.23. The molecule has 0 spiro atoms. The first-order valence-electron chi connectivity index (χ1n) is 10.3. The lowest BCUT2D eigenvalue weighted by atomic mass is 9.84. The fourth-order valence-electron chi connectivity index (χ4n) is 2.95. The Kier molecular flexibility index (Phi) is 14.0. The van der Waals surface area contributed by atoms with Gasteiger partial charge in [-0.05, 0) is 11.8 Å². The minimum Gasteiger partial charge on any atom is -0.316 e. The molecule has 1 nitrogen and oxygen atoms in total. The number of alkyl halides is 1. The monoisotopic (exact) mass is 389 g/mol. The molecule has 0 heterocycles. The van der Waals surface area contributed by atoms with E-state index < -0.39 is 0 Å². The Bertz CT molecular complexity index is 255. The van der Waals surface area contributed by atoms with Crippen LogP contribution in [0.3, 0.4) is 0 Å². The van der Waals surface area contributed by atoms with E-state index >= 15 is 0 Å². The summed E-state index contributed by atoms with van der Waals surface area (Å²) >= 11 is 3.72. The van der Waals surface area contributed by atoms with Crippen LogP contribution in [-0.4, -0.2) is 4.45 Å². The highest BCUT2D eigenvalue weighted by atomic mass is 79.9. The van der Waals surface area contributed by atoms with E-state index in [1.54, 1.807) is 0 Å². The van der Waals surface area contributed by atoms with Crippen LogP contribution in [0, 0.1) is 5.41 Å². The molecular weight excluding hydrogens is 346 g/mol. The molecule has 2 heteroatoms. The van der Waals surface area contributed by atoms with Crippen molar-refractivity contribution in [2.24, 2.45) is 11.1 Å². The van der Waals surface area contributed by atoms with Crippen molar-refractivity contribution in [1.29, 1.82) is 0 Å². The summed E-state index contributed by atoms with van der Waals surface area (Å²) in [6.45, 7) is 8.93. The maximum atomic E-state index is 6.36. The second kappa shape index (κ2) is 13.7. The van der Waals surface area contributed by atoms with Crippen molar-refractivity contribution in [3.05, 3.63) is 0 Å². The third kappa shape index (κ3) is 13.4. The van der Waals surface area contributed by atoms with Gasteiger partial charge < -0.3 is 5.73 Å². The molecule has 0 saturated heterocycles. The maximum absolute atomic E-state index is 6.36. The van der Waals surface area contributed by atoms with Crippen LogP contribution >= 0.6 is 15.9 Å². The van der Waals surface area contributed by atoms with Crippen molar-refractivity contribution in [3.8, 4) is 0 Å². The van der Waals surface area contributed by atoms with Gasteiger partial charge in [0.05, 0.1) is 4.45 Å². The van der Waals surface area contributed by atoms with Crippen molar-refractivity contribution in [2.45, 2.75) is 128 Å². The van der Waals surface area contributed by atoms with E-state index in [4.69, 9.17) is 5.73 Å². The number of nitrogens with two attached hydrogens (primary N) is 1. The minimum absolute atomic E-state index is 0.129. The smallest absolute Gasteiger partial charge is 0.0766 e. The van der Waals surface area contributed by atoms with Crippen LogP contribution in [0.2, 0.25) is 0 Å². The third-order valence-electron chi connectivity index (χ3n) is 5.14. The predicted octanol–water partition coefficient (Wildman–Crippen LogP) is 7.95. The standard InChI is InChI=1S/C21H44BrN/c1-5-6-7-8-9-10-11-12-13-14-15-16-17-18-19-21(22,23)20(2,3)4/h5-19,23H2,1-4H3. The average molecular weight is 390 g/mol. The fraction of sp³-hybridized carbons (Fsp3) is 1.00. The molecule has 0 aliphatic heterocycles. The molecule has 0 fully saturated rings. The van der Waals surface area contributed by atoms with E-state index in [1.807, 2.05) is 0 Å². The molecule has 0 radical (unpaired) electrons. The molecule has 2 N–H and O–H groups in total. The Morgan fingerprint density at radius 3 is 1.22 bits per heavy atom. The molecule has 0 aromatic carbocycles. The van der Waals surface area contributed by atoms with Crippen LogP contribution in [0.25, 0.3) is 0 Å². The van der Waals surface area contributed by atoms with Crippen LogP contribution in [-0.2, 0) is 0 Å². The zero-order chi connectivity index (χ0) is 17.6. The maximum Gasteiger partial charge on any atom is 0.0766 e. The molecule has 1 atom stereocenters. The highest BCUT2D eigenvalue weighted by molar-refractivity contribution is 9.10. The van der Waals surface area contributed by atoms with Gasteiger partial charge in [0.15, 0.2) is 0 Å². The Balaban J connectivity index is 3.25. The Labute approximate surface area is 155 Å². The molecule has 0 amide bonds. The lowest BCUT2D eigenvalue weighted by Crippen LogP contribution is -2.45. The van der Waals surface area contributed by atoms with E-state index in [-0.39, 0.29) is 9.86 Å². The Hall–Kier alpha value is 0.440. The summed E-state index contributed by atoms with van der Waals surface area (Å²) in [5.41, 5.74) is 6.49. The van der Waals surface area contributed by atoms with Gasteiger partial charge >= 0.3 is 0 Å². The molecule has 0 aliphatic carbocycles. The summed E-state index contributed by atoms with van der Waals surface area (Å²) in [6, 6.07) is 0. The summed E-state index contributed by atoms with van der Waals surface area (Å²) in [4.78, 5) is 0. The summed E-state index contributed by atoms with van der Waals surface area (Å²) in [6.07, 6.45) is 20.8. The molecule has 1 unspecified atom stereocenters. The molecule has 140 valence electrons. The quantitative estimate of drug-likeness (QED) is 0.171. The first kappa shape index (κ1) is 23.4. The van der Waals surface area contributed by atoms with E-state index in [0.29, 0.717) is 0 Å². The molecule has 0 bridgehead atoms. The molecule has 23 heavy (non-hydrogen) atoms. The average Bonchev–Trinajstić information content (AvgIpc) is 2.46. The zero-order valence-electron chi connectivity index (χ0n) is 16.6. The summed E-state index contributed by atoms with van der Waals surface area (Å²) in [5.74, 6) is 0. The van der Waals surface area contributed by atoms with Crippen LogP contribution in [0.1, 0.15) is 124 Å². The van der Waals surface area contributed by atoms with Crippen LogP contribution in [0.4, 0.5) is 0 Å². The lowest BCUT2D eigenvalue weighted by molar-refractivity contribution is 0.272. The first-order chi connectivity index (χ1) is 10.8. The van der Waals surface area contributed by atoms with E-state index in [0.717, 1.165) is 6.42 Å². The molecular formula is C21H44BrN. The number of hydrogen-bond donors (Lipinski definition) is 1. The van der Waals surface area contributed by atoms with Crippen molar-refractivity contribution in [3.63, 3.8) is 0 Å². The van der Waals surface area contributed by atoms with Crippen LogP contribution < -0.4 is 5.73 Å². The SMILES string of the molecule is CCCCCCCCCCCCCCCCC(N)(Br)C(C)(C)C.